The Morgan fingerprint density at radius 2 is 1.64 bits per heavy atom. The van der Waals surface area contributed by atoms with Gasteiger partial charge in [-0.2, -0.15) is 13.2 Å². The summed E-state index contributed by atoms with van der Waals surface area (Å²) >= 11 is 0. The first-order valence-electron chi connectivity index (χ1n) is 13.1. The molecule has 206 valence electrons. The zero-order chi connectivity index (χ0) is 28.0. The van der Waals surface area contributed by atoms with Gasteiger partial charge in [-0.3, -0.25) is 0 Å². The molecule has 0 spiro atoms. The minimum atomic E-state index is -4.33. The van der Waals surface area contributed by atoms with Crippen LogP contribution < -0.4 is 15.5 Å². The van der Waals surface area contributed by atoms with E-state index in [1.54, 1.807) is 53.4 Å². The summed E-state index contributed by atoms with van der Waals surface area (Å²) in [7, 11) is 0. The third kappa shape index (κ3) is 7.52. The van der Waals surface area contributed by atoms with E-state index >= 15 is 0 Å². The average Bonchev–Trinajstić information content (AvgIpc) is 2.90. The number of alkyl halides is 3. The number of carboxylic acid groups (broad SMARTS) is 1. The first kappa shape index (κ1) is 28.0. The van der Waals surface area contributed by atoms with Crippen molar-refractivity contribution in [2.75, 3.05) is 22.1 Å². The van der Waals surface area contributed by atoms with Crippen LogP contribution in [0.5, 0.6) is 0 Å². The van der Waals surface area contributed by atoms with Gasteiger partial charge in [-0.15, -0.1) is 0 Å². The van der Waals surface area contributed by atoms with E-state index < -0.39 is 24.6 Å². The number of carboxylic acids is 1. The van der Waals surface area contributed by atoms with E-state index in [1.807, 2.05) is 19.1 Å². The SMILES string of the molecule is Cc1ccc(NC(=O)Nc2cc(-c3ccccc3C(=O)O)ccc2N(CCC(F)(F)F)C2CCCCC2)cc1. The number of carbonyl (C=O) groups excluding carboxylic acids is 1. The minimum Gasteiger partial charge on any atom is -0.478 e. The van der Waals surface area contributed by atoms with Crippen LogP contribution in [-0.2, 0) is 0 Å². The van der Waals surface area contributed by atoms with Crippen molar-refractivity contribution in [3.05, 3.63) is 77.9 Å². The molecule has 6 nitrogen and oxygen atoms in total. The molecule has 0 aliphatic heterocycles. The summed E-state index contributed by atoms with van der Waals surface area (Å²) < 4.78 is 40.0. The molecule has 1 fully saturated rings. The second kappa shape index (κ2) is 12.2. The molecule has 3 N–H and O–H groups in total. The second-order valence-electron chi connectivity index (χ2n) is 9.88. The van der Waals surface area contributed by atoms with Gasteiger partial charge < -0.3 is 20.6 Å². The summed E-state index contributed by atoms with van der Waals surface area (Å²) in [5.41, 5.74) is 3.43. The number of rotatable bonds is 8. The summed E-state index contributed by atoms with van der Waals surface area (Å²) in [5.74, 6) is -1.10. The van der Waals surface area contributed by atoms with Crippen LogP contribution in [0.4, 0.5) is 35.0 Å². The van der Waals surface area contributed by atoms with Crippen molar-refractivity contribution in [3.8, 4) is 11.1 Å². The fourth-order valence-electron chi connectivity index (χ4n) is 5.04. The van der Waals surface area contributed by atoms with Crippen LogP contribution in [0.15, 0.2) is 66.7 Å². The van der Waals surface area contributed by atoms with Gasteiger partial charge in [-0.25, -0.2) is 9.59 Å². The molecular formula is C30H32F3N3O3. The lowest BCUT2D eigenvalue weighted by Gasteiger charge is -2.37. The largest absolute Gasteiger partial charge is 0.478 e. The molecule has 4 rings (SSSR count). The summed E-state index contributed by atoms with van der Waals surface area (Å²) in [6.45, 7) is 1.69. The maximum absolute atomic E-state index is 13.3. The van der Waals surface area contributed by atoms with Gasteiger partial charge in [-0.05, 0) is 61.2 Å². The van der Waals surface area contributed by atoms with Gasteiger partial charge in [0.1, 0.15) is 0 Å². The lowest BCUT2D eigenvalue weighted by atomic mass is 9.93. The molecule has 9 heteroatoms. The fraction of sp³-hybridized carbons (Fsp3) is 0.333. The molecule has 0 aromatic heterocycles. The van der Waals surface area contributed by atoms with Crippen molar-refractivity contribution < 1.29 is 27.9 Å². The molecule has 0 radical (unpaired) electrons. The van der Waals surface area contributed by atoms with Crippen molar-refractivity contribution in [1.82, 2.24) is 0 Å². The Labute approximate surface area is 225 Å². The zero-order valence-corrected chi connectivity index (χ0v) is 21.7. The molecule has 0 unspecified atom stereocenters. The lowest BCUT2D eigenvalue weighted by Crippen LogP contribution is -2.39. The summed E-state index contributed by atoms with van der Waals surface area (Å²) in [6, 6.07) is 18.1. The van der Waals surface area contributed by atoms with Crippen LogP contribution in [0, 0.1) is 6.92 Å². The van der Waals surface area contributed by atoms with E-state index in [0.29, 0.717) is 28.2 Å². The highest BCUT2D eigenvalue weighted by Crippen LogP contribution is 2.37. The number of anilines is 3. The fourth-order valence-corrected chi connectivity index (χ4v) is 5.04. The van der Waals surface area contributed by atoms with Crippen LogP contribution in [0.1, 0.15) is 54.4 Å². The normalized spacial score (nSPS) is 14.1. The van der Waals surface area contributed by atoms with E-state index in [0.717, 1.165) is 37.7 Å². The van der Waals surface area contributed by atoms with Crippen LogP contribution >= 0.6 is 0 Å². The molecule has 1 aliphatic carbocycles. The third-order valence-corrected chi connectivity index (χ3v) is 6.98. The van der Waals surface area contributed by atoms with Gasteiger partial charge in [-0.1, -0.05) is 61.2 Å². The van der Waals surface area contributed by atoms with Crippen LogP contribution in [0.25, 0.3) is 11.1 Å². The number of amides is 2. The molecule has 0 atom stereocenters. The van der Waals surface area contributed by atoms with Crippen molar-refractivity contribution >= 4 is 29.1 Å². The minimum absolute atomic E-state index is 0.0847. The smallest absolute Gasteiger partial charge is 0.390 e. The molecule has 1 saturated carbocycles. The maximum Gasteiger partial charge on any atom is 0.390 e. The first-order valence-corrected chi connectivity index (χ1v) is 13.1. The van der Waals surface area contributed by atoms with Gasteiger partial charge in [0.2, 0.25) is 0 Å². The van der Waals surface area contributed by atoms with Crippen LogP contribution in [0.2, 0.25) is 0 Å². The van der Waals surface area contributed by atoms with Gasteiger partial charge in [0.15, 0.2) is 0 Å². The van der Waals surface area contributed by atoms with E-state index in [-0.39, 0.29) is 18.2 Å². The number of benzene rings is 3. The van der Waals surface area contributed by atoms with E-state index in [9.17, 15) is 27.9 Å². The highest BCUT2D eigenvalue weighted by molar-refractivity contribution is 6.03. The zero-order valence-electron chi connectivity index (χ0n) is 21.7. The quantitative estimate of drug-likeness (QED) is 0.270. The van der Waals surface area contributed by atoms with Gasteiger partial charge in [0, 0.05) is 18.3 Å². The molecule has 3 aromatic carbocycles. The number of hydrogen-bond donors (Lipinski definition) is 3. The Morgan fingerprint density at radius 3 is 2.31 bits per heavy atom. The molecule has 0 bridgehead atoms. The van der Waals surface area contributed by atoms with Crippen molar-refractivity contribution in [2.45, 2.75) is 57.7 Å². The summed E-state index contributed by atoms with van der Waals surface area (Å²) in [5, 5.41) is 15.3. The average molecular weight is 540 g/mol. The Balaban J connectivity index is 1.74. The second-order valence-corrected chi connectivity index (χ2v) is 9.88. The summed E-state index contributed by atoms with van der Waals surface area (Å²) in [6.07, 6.45) is -0.904. The molecule has 39 heavy (non-hydrogen) atoms. The monoisotopic (exact) mass is 539 g/mol. The number of nitrogens with one attached hydrogen (secondary N) is 2. The molecule has 0 saturated heterocycles. The molecule has 3 aromatic rings. The summed E-state index contributed by atoms with van der Waals surface area (Å²) in [4.78, 5) is 26.6. The van der Waals surface area contributed by atoms with E-state index in [4.69, 9.17) is 0 Å². The number of aryl methyl sites for hydroxylation is 1. The Kier molecular flexibility index (Phi) is 8.79. The van der Waals surface area contributed by atoms with Crippen molar-refractivity contribution in [1.29, 1.82) is 0 Å². The van der Waals surface area contributed by atoms with E-state index in [2.05, 4.69) is 10.6 Å². The van der Waals surface area contributed by atoms with Crippen LogP contribution in [0.3, 0.4) is 0 Å². The third-order valence-electron chi connectivity index (χ3n) is 6.98. The Morgan fingerprint density at radius 1 is 0.949 bits per heavy atom. The number of carbonyl (C=O) groups is 2. The predicted molar refractivity (Wildman–Crippen MR) is 148 cm³/mol. The number of urea groups is 1. The number of halogens is 3. The highest BCUT2D eigenvalue weighted by Gasteiger charge is 2.31. The van der Waals surface area contributed by atoms with E-state index in [1.165, 1.54) is 6.07 Å². The number of aromatic carboxylic acids is 1. The maximum atomic E-state index is 13.3. The van der Waals surface area contributed by atoms with Gasteiger partial charge >= 0.3 is 18.2 Å². The lowest BCUT2D eigenvalue weighted by molar-refractivity contribution is -0.132. The molecule has 0 heterocycles. The van der Waals surface area contributed by atoms with Gasteiger partial charge in [0.25, 0.3) is 0 Å². The molecular weight excluding hydrogens is 507 g/mol. The van der Waals surface area contributed by atoms with Gasteiger partial charge in [0.05, 0.1) is 23.4 Å². The number of nitrogens with zero attached hydrogens (tertiary/aromatic N) is 1. The Hall–Kier alpha value is -4.01. The highest BCUT2D eigenvalue weighted by atomic mass is 19.4. The Bertz CT molecular complexity index is 1300. The molecule has 1 aliphatic rings. The van der Waals surface area contributed by atoms with Crippen LogP contribution in [-0.4, -0.2) is 35.9 Å². The number of hydrogen-bond acceptors (Lipinski definition) is 3. The molecule has 2 amide bonds. The predicted octanol–water partition coefficient (Wildman–Crippen LogP) is 8.10. The topological polar surface area (TPSA) is 81.7 Å². The first-order chi connectivity index (χ1) is 18.6. The van der Waals surface area contributed by atoms with Crippen molar-refractivity contribution in [3.63, 3.8) is 0 Å². The standard InChI is InChI=1S/C30H32F3N3O3/c1-20-11-14-22(15-12-20)34-29(39)35-26-19-21(24-9-5-6-10-25(24)28(37)38)13-16-27(26)36(18-17-30(31,32)33)23-7-3-2-4-8-23/h5-6,9-16,19,23H,2-4,7-8,17-18H2,1H3,(H,37,38)(H2,34,35,39). The van der Waals surface area contributed by atoms with Crippen molar-refractivity contribution in [2.24, 2.45) is 0 Å².